The van der Waals surface area contributed by atoms with Gasteiger partial charge in [-0.05, 0) is 67.5 Å². The zero-order valence-corrected chi connectivity index (χ0v) is 18.4. The van der Waals surface area contributed by atoms with Crippen molar-refractivity contribution in [3.05, 3.63) is 71.0 Å². The second kappa shape index (κ2) is 9.05. The molecule has 0 unspecified atom stereocenters. The van der Waals surface area contributed by atoms with E-state index < -0.39 is 10.0 Å². The highest BCUT2D eigenvalue weighted by Crippen LogP contribution is 2.26. The molecule has 4 rings (SSSR count). The molecule has 0 fully saturated rings. The largest absolute Gasteiger partial charge is 0.382 e. The Morgan fingerprint density at radius 2 is 1.78 bits per heavy atom. The van der Waals surface area contributed by atoms with E-state index in [1.54, 1.807) is 18.3 Å². The van der Waals surface area contributed by atoms with E-state index in [2.05, 4.69) is 10.3 Å². The van der Waals surface area contributed by atoms with Gasteiger partial charge in [0.15, 0.2) is 0 Å². The normalized spacial score (nSPS) is 13.5. The van der Waals surface area contributed by atoms with Crippen LogP contribution in [0, 0.1) is 0 Å². The standard InChI is InChI=1S/C23H25N5O3S/c24-22-21(17-7-10-20-16(13-17)11-12-26-23(20)29)28-18(14-27-22)4-2-1-3-15-5-8-19(9-6-15)32(25,30)31/h5-10,13-14H,1-4,11-12H2,(H2,24,27)(H,26,29)(H2,25,30,31). The summed E-state index contributed by atoms with van der Waals surface area (Å²) in [6.45, 7) is 0.626. The Morgan fingerprint density at radius 1 is 1.03 bits per heavy atom. The lowest BCUT2D eigenvalue weighted by atomic mass is 9.96. The van der Waals surface area contributed by atoms with E-state index >= 15 is 0 Å². The number of hydrogen-bond acceptors (Lipinski definition) is 6. The first-order valence-corrected chi connectivity index (χ1v) is 12.0. The third-order valence-corrected chi connectivity index (χ3v) is 6.48. The van der Waals surface area contributed by atoms with Gasteiger partial charge in [0.2, 0.25) is 10.0 Å². The molecule has 32 heavy (non-hydrogen) atoms. The molecule has 2 aromatic carbocycles. The van der Waals surface area contributed by atoms with Crippen molar-refractivity contribution in [1.29, 1.82) is 0 Å². The average Bonchev–Trinajstić information content (AvgIpc) is 2.77. The summed E-state index contributed by atoms with van der Waals surface area (Å²) in [5.41, 5.74) is 11.2. The van der Waals surface area contributed by atoms with Crippen molar-refractivity contribution in [3.8, 4) is 11.3 Å². The lowest BCUT2D eigenvalue weighted by Crippen LogP contribution is -2.31. The van der Waals surface area contributed by atoms with Crippen LogP contribution in [0.2, 0.25) is 0 Å². The van der Waals surface area contributed by atoms with Gasteiger partial charge >= 0.3 is 0 Å². The highest BCUT2D eigenvalue weighted by Gasteiger charge is 2.18. The van der Waals surface area contributed by atoms with E-state index in [1.165, 1.54) is 12.1 Å². The number of carbonyl (C=O) groups excluding carboxylic acids is 1. The minimum absolute atomic E-state index is 0.0510. The van der Waals surface area contributed by atoms with Crippen LogP contribution in [0.25, 0.3) is 11.3 Å². The van der Waals surface area contributed by atoms with Gasteiger partial charge in [-0.15, -0.1) is 0 Å². The molecule has 2 heterocycles. The molecule has 0 spiro atoms. The predicted molar refractivity (Wildman–Crippen MR) is 122 cm³/mol. The van der Waals surface area contributed by atoms with Gasteiger partial charge in [0.25, 0.3) is 5.91 Å². The third kappa shape index (κ3) is 4.95. The first kappa shape index (κ1) is 21.9. The summed E-state index contributed by atoms with van der Waals surface area (Å²) in [6, 6.07) is 12.3. The quantitative estimate of drug-likeness (QED) is 0.470. The molecule has 9 heteroatoms. The number of primary sulfonamides is 1. The molecule has 1 aromatic heterocycles. The fraction of sp³-hybridized carbons (Fsp3) is 0.261. The Hall–Kier alpha value is -3.30. The number of nitrogens with zero attached hydrogens (tertiary/aromatic N) is 2. The number of unbranched alkanes of at least 4 members (excludes halogenated alkanes) is 1. The maximum Gasteiger partial charge on any atom is 0.251 e. The zero-order valence-electron chi connectivity index (χ0n) is 17.5. The Labute approximate surface area is 187 Å². The maximum absolute atomic E-state index is 12.0. The van der Waals surface area contributed by atoms with Gasteiger partial charge in [-0.25, -0.2) is 23.5 Å². The minimum atomic E-state index is -3.66. The lowest BCUT2D eigenvalue weighted by molar-refractivity contribution is 0.0946. The Balaban J connectivity index is 1.40. The van der Waals surface area contributed by atoms with Crippen LogP contribution in [0.3, 0.4) is 0 Å². The van der Waals surface area contributed by atoms with Crippen molar-refractivity contribution in [2.45, 2.75) is 37.0 Å². The van der Waals surface area contributed by atoms with Gasteiger partial charge in [-0.2, -0.15) is 0 Å². The van der Waals surface area contributed by atoms with Crippen molar-refractivity contribution in [1.82, 2.24) is 15.3 Å². The molecule has 0 atom stereocenters. The Kier molecular flexibility index (Phi) is 6.20. The summed E-state index contributed by atoms with van der Waals surface area (Å²) < 4.78 is 22.7. The van der Waals surface area contributed by atoms with Crippen LogP contribution in [0.15, 0.2) is 53.6 Å². The monoisotopic (exact) mass is 451 g/mol. The lowest BCUT2D eigenvalue weighted by Gasteiger charge is -2.17. The second-order valence-electron chi connectivity index (χ2n) is 7.87. The molecule has 0 aliphatic carbocycles. The number of nitrogen functional groups attached to an aromatic ring is 1. The van der Waals surface area contributed by atoms with Crippen molar-refractivity contribution >= 4 is 21.7 Å². The molecule has 1 amide bonds. The number of aromatic nitrogens is 2. The number of rotatable bonds is 7. The fourth-order valence-electron chi connectivity index (χ4n) is 3.82. The molecule has 0 radical (unpaired) electrons. The smallest absolute Gasteiger partial charge is 0.251 e. The molecule has 0 saturated heterocycles. The van der Waals surface area contributed by atoms with E-state index in [-0.39, 0.29) is 10.8 Å². The second-order valence-corrected chi connectivity index (χ2v) is 9.43. The van der Waals surface area contributed by atoms with Crippen LogP contribution in [0.5, 0.6) is 0 Å². The molecule has 1 aliphatic rings. The van der Waals surface area contributed by atoms with E-state index in [9.17, 15) is 13.2 Å². The summed E-state index contributed by atoms with van der Waals surface area (Å²) in [6.07, 6.45) is 5.88. The van der Waals surface area contributed by atoms with E-state index in [0.717, 1.165) is 54.5 Å². The third-order valence-electron chi connectivity index (χ3n) is 5.55. The van der Waals surface area contributed by atoms with Crippen LogP contribution in [0.1, 0.15) is 40.0 Å². The average molecular weight is 452 g/mol. The van der Waals surface area contributed by atoms with Crippen molar-refractivity contribution < 1.29 is 13.2 Å². The van der Waals surface area contributed by atoms with Crippen molar-refractivity contribution in [2.75, 3.05) is 12.3 Å². The summed E-state index contributed by atoms with van der Waals surface area (Å²) >= 11 is 0. The van der Waals surface area contributed by atoms with Crippen molar-refractivity contribution in [3.63, 3.8) is 0 Å². The number of sulfonamides is 1. The van der Waals surface area contributed by atoms with E-state index in [0.29, 0.717) is 23.6 Å². The predicted octanol–water partition coefficient (Wildman–Crippen LogP) is 2.22. The molecular formula is C23H25N5O3S. The molecule has 166 valence electrons. The van der Waals surface area contributed by atoms with Gasteiger partial charge in [0, 0.05) is 17.7 Å². The van der Waals surface area contributed by atoms with Gasteiger partial charge in [-0.1, -0.05) is 18.2 Å². The number of nitrogens with two attached hydrogens (primary N) is 2. The SMILES string of the molecule is Nc1ncc(CCCCc2ccc(S(N)(=O)=O)cc2)nc1-c1ccc2c(c1)CCNC2=O. The first-order valence-electron chi connectivity index (χ1n) is 10.5. The fourth-order valence-corrected chi connectivity index (χ4v) is 4.34. The summed E-state index contributed by atoms with van der Waals surface area (Å²) in [7, 11) is -3.66. The Bertz CT molecular complexity index is 1260. The molecule has 8 nitrogen and oxygen atoms in total. The topological polar surface area (TPSA) is 141 Å². The highest BCUT2D eigenvalue weighted by molar-refractivity contribution is 7.89. The zero-order chi connectivity index (χ0) is 22.7. The number of hydrogen-bond donors (Lipinski definition) is 3. The first-order chi connectivity index (χ1) is 15.3. The van der Waals surface area contributed by atoms with Gasteiger partial charge < -0.3 is 11.1 Å². The summed E-state index contributed by atoms with van der Waals surface area (Å²) in [5, 5.41) is 7.97. The molecule has 0 bridgehead atoms. The Morgan fingerprint density at radius 3 is 2.53 bits per heavy atom. The summed E-state index contributed by atoms with van der Waals surface area (Å²) in [4.78, 5) is 21.1. The van der Waals surface area contributed by atoms with Gasteiger partial charge in [0.1, 0.15) is 11.5 Å². The summed E-state index contributed by atoms with van der Waals surface area (Å²) in [5.74, 6) is 0.314. The van der Waals surface area contributed by atoms with Gasteiger partial charge in [-0.3, -0.25) is 4.79 Å². The number of anilines is 1. The van der Waals surface area contributed by atoms with E-state index in [4.69, 9.17) is 15.9 Å². The van der Waals surface area contributed by atoms with Crippen molar-refractivity contribution in [2.24, 2.45) is 5.14 Å². The number of aryl methyl sites for hydroxylation is 2. The van der Waals surface area contributed by atoms with Crippen LogP contribution in [-0.4, -0.2) is 30.8 Å². The van der Waals surface area contributed by atoms with Crippen LogP contribution in [-0.2, 0) is 29.3 Å². The van der Waals surface area contributed by atoms with E-state index in [1.807, 2.05) is 18.2 Å². The number of fused-ring (bicyclic) bond motifs is 1. The number of carbonyl (C=O) groups is 1. The highest BCUT2D eigenvalue weighted by atomic mass is 32.2. The molecule has 1 aliphatic heterocycles. The molecular weight excluding hydrogens is 426 g/mol. The maximum atomic E-state index is 12.0. The minimum Gasteiger partial charge on any atom is -0.382 e. The van der Waals surface area contributed by atoms with Crippen LogP contribution < -0.4 is 16.2 Å². The molecule has 3 aromatic rings. The number of amides is 1. The van der Waals surface area contributed by atoms with Crippen LogP contribution in [0.4, 0.5) is 5.82 Å². The number of benzene rings is 2. The van der Waals surface area contributed by atoms with Crippen LogP contribution >= 0.6 is 0 Å². The molecule has 5 N–H and O–H groups in total. The molecule has 0 saturated carbocycles. The number of nitrogens with one attached hydrogen (secondary N) is 1. The van der Waals surface area contributed by atoms with Gasteiger partial charge in [0.05, 0.1) is 16.8 Å².